The Bertz CT molecular complexity index is 257. The summed E-state index contributed by atoms with van der Waals surface area (Å²) in [5.41, 5.74) is 0.388. The fourth-order valence-electron chi connectivity index (χ4n) is 4.28. The van der Waals surface area contributed by atoms with Crippen molar-refractivity contribution in [3.63, 3.8) is 0 Å². The molecule has 14 heavy (non-hydrogen) atoms. The van der Waals surface area contributed by atoms with E-state index in [2.05, 4.69) is 20.8 Å². The van der Waals surface area contributed by atoms with Crippen LogP contribution >= 0.6 is 0 Å². The summed E-state index contributed by atoms with van der Waals surface area (Å²) in [6.07, 6.45) is 2.95. The van der Waals surface area contributed by atoms with Gasteiger partial charge in [-0.05, 0) is 41.9 Å². The first-order valence-electron chi connectivity index (χ1n) is 5.66. The standard InChI is InChI=1S/C12H20O2/c1-7-8(6-11(13)14)10-5-4-9(7)12(10,2)3/h7-10H,4-6H2,1-3H3,(H,13,14). The van der Waals surface area contributed by atoms with Gasteiger partial charge in [0.25, 0.3) is 0 Å². The van der Waals surface area contributed by atoms with E-state index in [1.165, 1.54) is 12.8 Å². The van der Waals surface area contributed by atoms with Crippen LogP contribution in [0.1, 0.15) is 40.0 Å². The van der Waals surface area contributed by atoms with Crippen molar-refractivity contribution >= 4 is 5.97 Å². The van der Waals surface area contributed by atoms with Gasteiger partial charge in [-0.3, -0.25) is 4.79 Å². The van der Waals surface area contributed by atoms with Crippen LogP contribution < -0.4 is 0 Å². The molecule has 0 heterocycles. The summed E-state index contributed by atoms with van der Waals surface area (Å²) in [7, 11) is 0. The summed E-state index contributed by atoms with van der Waals surface area (Å²) in [6, 6.07) is 0. The highest BCUT2D eigenvalue weighted by Gasteiger charge is 2.57. The zero-order valence-electron chi connectivity index (χ0n) is 9.29. The Balaban J connectivity index is 2.19. The quantitative estimate of drug-likeness (QED) is 0.737. The Morgan fingerprint density at radius 1 is 1.36 bits per heavy atom. The zero-order chi connectivity index (χ0) is 10.5. The van der Waals surface area contributed by atoms with Crippen LogP contribution in [0.3, 0.4) is 0 Å². The van der Waals surface area contributed by atoms with Crippen molar-refractivity contribution in [1.82, 2.24) is 0 Å². The molecule has 2 nitrogen and oxygen atoms in total. The van der Waals surface area contributed by atoms with Gasteiger partial charge >= 0.3 is 5.97 Å². The van der Waals surface area contributed by atoms with Crippen LogP contribution in [0.5, 0.6) is 0 Å². The predicted molar refractivity (Wildman–Crippen MR) is 54.9 cm³/mol. The minimum atomic E-state index is -0.620. The van der Waals surface area contributed by atoms with Crippen molar-refractivity contribution in [2.24, 2.45) is 29.1 Å². The molecular formula is C12H20O2. The number of hydrogen-bond acceptors (Lipinski definition) is 1. The molecule has 2 rings (SSSR count). The third-order valence-electron chi connectivity index (χ3n) is 4.94. The first-order valence-corrected chi connectivity index (χ1v) is 5.66. The van der Waals surface area contributed by atoms with E-state index in [0.717, 1.165) is 5.92 Å². The predicted octanol–water partition coefficient (Wildman–Crippen LogP) is 2.78. The average molecular weight is 196 g/mol. The van der Waals surface area contributed by atoms with E-state index in [1.807, 2.05) is 0 Å². The van der Waals surface area contributed by atoms with Crippen molar-refractivity contribution in [3.8, 4) is 0 Å². The van der Waals surface area contributed by atoms with Gasteiger partial charge in [-0.15, -0.1) is 0 Å². The van der Waals surface area contributed by atoms with E-state index in [-0.39, 0.29) is 0 Å². The van der Waals surface area contributed by atoms with Crippen LogP contribution in [0.25, 0.3) is 0 Å². The number of carboxylic acid groups (broad SMARTS) is 1. The van der Waals surface area contributed by atoms with E-state index in [4.69, 9.17) is 5.11 Å². The second-order valence-corrected chi connectivity index (χ2v) is 5.73. The average Bonchev–Trinajstić information content (AvgIpc) is 2.42. The van der Waals surface area contributed by atoms with E-state index in [0.29, 0.717) is 29.6 Å². The zero-order valence-corrected chi connectivity index (χ0v) is 9.29. The van der Waals surface area contributed by atoms with Gasteiger partial charge in [0, 0.05) is 6.42 Å². The van der Waals surface area contributed by atoms with Crippen LogP contribution in [0, 0.1) is 29.1 Å². The van der Waals surface area contributed by atoms with Crippen molar-refractivity contribution in [2.45, 2.75) is 40.0 Å². The van der Waals surface area contributed by atoms with Gasteiger partial charge in [-0.25, -0.2) is 0 Å². The number of fused-ring (bicyclic) bond motifs is 2. The minimum absolute atomic E-state index is 0.381. The monoisotopic (exact) mass is 196 g/mol. The molecule has 4 atom stereocenters. The normalized spacial score (nSPS) is 44.2. The summed E-state index contributed by atoms with van der Waals surface area (Å²) in [6.45, 7) is 6.90. The first kappa shape index (κ1) is 10.0. The van der Waals surface area contributed by atoms with E-state index < -0.39 is 5.97 Å². The van der Waals surface area contributed by atoms with Crippen molar-refractivity contribution in [2.75, 3.05) is 0 Å². The van der Waals surface area contributed by atoms with Gasteiger partial charge < -0.3 is 5.11 Å². The molecule has 2 fully saturated rings. The summed E-state index contributed by atoms with van der Waals surface area (Å²) in [5, 5.41) is 8.89. The molecule has 2 aliphatic carbocycles. The second kappa shape index (κ2) is 2.98. The largest absolute Gasteiger partial charge is 0.481 e. The molecule has 0 aromatic heterocycles. The lowest BCUT2D eigenvalue weighted by Gasteiger charge is -2.26. The van der Waals surface area contributed by atoms with Crippen molar-refractivity contribution in [1.29, 1.82) is 0 Å². The molecule has 2 aliphatic rings. The molecule has 0 aromatic rings. The van der Waals surface area contributed by atoms with E-state index in [1.54, 1.807) is 0 Å². The highest BCUT2D eigenvalue weighted by atomic mass is 16.4. The number of carbonyl (C=O) groups is 1. The van der Waals surface area contributed by atoms with Crippen molar-refractivity contribution in [3.05, 3.63) is 0 Å². The van der Waals surface area contributed by atoms with Gasteiger partial charge in [0.05, 0.1) is 0 Å². The topological polar surface area (TPSA) is 37.3 Å². The summed E-state index contributed by atoms with van der Waals surface area (Å²) in [5.74, 6) is 1.83. The molecule has 0 aliphatic heterocycles. The highest BCUT2D eigenvalue weighted by molar-refractivity contribution is 5.67. The molecule has 80 valence electrons. The molecule has 4 unspecified atom stereocenters. The molecule has 2 heteroatoms. The molecule has 0 aromatic carbocycles. The molecule has 2 bridgehead atoms. The number of aliphatic carboxylic acids is 1. The maximum absolute atomic E-state index is 10.8. The summed E-state index contributed by atoms with van der Waals surface area (Å²) >= 11 is 0. The lowest BCUT2D eigenvalue weighted by molar-refractivity contribution is -0.139. The fourth-order valence-corrected chi connectivity index (χ4v) is 4.28. The maximum Gasteiger partial charge on any atom is 0.303 e. The van der Waals surface area contributed by atoms with Gasteiger partial charge in [-0.1, -0.05) is 20.8 Å². The van der Waals surface area contributed by atoms with Crippen LogP contribution in [0.4, 0.5) is 0 Å². The Morgan fingerprint density at radius 2 is 1.93 bits per heavy atom. The summed E-state index contributed by atoms with van der Waals surface area (Å²) in [4.78, 5) is 10.8. The van der Waals surface area contributed by atoms with Crippen LogP contribution in [-0.2, 0) is 4.79 Å². The van der Waals surface area contributed by atoms with Gasteiger partial charge in [-0.2, -0.15) is 0 Å². The smallest absolute Gasteiger partial charge is 0.303 e. The van der Waals surface area contributed by atoms with Crippen LogP contribution in [0.15, 0.2) is 0 Å². The molecule has 1 N–H and O–H groups in total. The van der Waals surface area contributed by atoms with Gasteiger partial charge in [0.2, 0.25) is 0 Å². The molecule has 0 saturated heterocycles. The second-order valence-electron chi connectivity index (χ2n) is 5.73. The van der Waals surface area contributed by atoms with Crippen LogP contribution in [-0.4, -0.2) is 11.1 Å². The van der Waals surface area contributed by atoms with Crippen LogP contribution in [0.2, 0.25) is 0 Å². The van der Waals surface area contributed by atoms with E-state index >= 15 is 0 Å². The minimum Gasteiger partial charge on any atom is -0.481 e. The Morgan fingerprint density at radius 3 is 2.36 bits per heavy atom. The number of carboxylic acids is 1. The SMILES string of the molecule is CC1C(CC(=O)O)C2CCC1C2(C)C. The van der Waals surface area contributed by atoms with Gasteiger partial charge in [0.1, 0.15) is 0 Å². The highest BCUT2D eigenvalue weighted by Crippen LogP contribution is 2.63. The molecule has 2 saturated carbocycles. The van der Waals surface area contributed by atoms with Gasteiger partial charge in [0.15, 0.2) is 0 Å². The summed E-state index contributed by atoms with van der Waals surface area (Å²) < 4.78 is 0. The fraction of sp³-hybridized carbons (Fsp3) is 0.917. The Hall–Kier alpha value is -0.530. The maximum atomic E-state index is 10.8. The Kier molecular flexibility index (Phi) is 2.13. The molecule has 0 radical (unpaired) electrons. The molecule has 0 spiro atoms. The van der Waals surface area contributed by atoms with Crippen molar-refractivity contribution < 1.29 is 9.90 Å². The number of hydrogen-bond donors (Lipinski definition) is 1. The third kappa shape index (κ3) is 1.19. The third-order valence-corrected chi connectivity index (χ3v) is 4.94. The van der Waals surface area contributed by atoms with E-state index in [9.17, 15) is 4.79 Å². The molecular weight excluding hydrogens is 176 g/mol. The Labute approximate surface area is 85.7 Å². The lowest BCUT2D eigenvalue weighted by atomic mass is 9.78. The molecule has 0 amide bonds. The number of rotatable bonds is 2. The first-order chi connectivity index (χ1) is 6.44. The lowest BCUT2D eigenvalue weighted by Crippen LogP contribution is -2.23.